The van der Waals surface area contributed by atoms with Gasteiger partial charge in [0.05, 0.1) is 39.9 Å². The number of amides is 1. The molecule has 2 N–H and O–H groups in total. The molecule has 0 aliphatic carbocycles. The van der Waals surface area contributed by atoms with Crippen molar-refractivity contribution in [2.24, 2.45) is 0 Å². The average Bonchev–Trinajstić information content (AvgIpc) is 3.56. The molecule has 0 saturated heterocycles. The second-order valence-corrected chi connectivity index (χ2v) is 29.1. The van der Waals surface area contributed by atoms with Crippen molar-refractivity contribution >= 4 is 13.7 Å². The van der Waals surface area contributed by atoms with Gasteiger partial charge in [-0.3, -0.25) is 9.36 Å². The summed E-state index contributed by atoms with van der Waals surface area (Å²) in [6.45, 7) is 4.73. The summed E-state index contributed by atoms with van der Waals surface area (Å²) in [6, 6.07) is -0.884. The Morgan fingerprint density at radius 2 is 0.643 bits per heavy atom. The Balaban J connectivity index is 3.95. The highest BCUT2D eigenvalue weighted by molar-refractivity contribution is 7.45. The molecule has 8 nitrogen and oxygen atoms in total. The molecule has 0 bridgehead atoms. The molecule has 1 amide bonds. The van der Waals surface area contributed by atoms with Crippen molar-refractivity contribution in [1.29, 1.82) is 0 Å². The van der Waals surface area contributed by atoms with Gasteiger partial charge in [0.1, 0.15) is 13.2 Å². The summed E-state index contributed by atoms with van der Waals surface area (Å²) in [5.74, 6) is -0.186. The number of unbranched alkanes of at least 4 members (excludes halogenated alkanes) is 59. The molecule has 0 spiro atoms. The predicted molar refractivity (Wildman–Crippen MR) is 367 cm³/mol. The Hall–Kier alpha value is -0.760. The average molecular weight is 1210 g/mol. The summed E-state index contributed by atoms with van der Waals surface area (Å²) in [5, 5.41) is 14.0. The fraction of sp³-hybridized carbons (Fsp3) is 0.960. The Morgan fingerprint density at radius 3 is 0.893 bits per heavy atom. The normalized spacial score (nSPS) is 13.6. The van der Waals surface area contributed by atoms with Crippen molar-refractivity contribution in [3.63, 3.8) is 0 Å². The molecule has 0 aromatic rings. The third-order valence-corrected chi connectivity index (χ3v) is 19.0. The van der Waals surface area contributed by atoms with Crippen molar-refractivity contribution in [1.82, 2.24) is 5.32 Å². The van der Waals surface area contributed by atoms with E-state index in [1.165, 1.54) is 353 Å². The van der Waals surface area contributed by atoms with Crippen LogP contribution in [-0.4, -0.2) is 68.5 Å². The fourth-order valence-corrected chi connectivity index (χ4v) is 12.8. The van der Waals surface area contributed by atoms with E-state index in [4.69, 9.17) is 9.05 Å². The number of hydrogen-bond acceptors (Lipinski definition) is 6. The number of phosphoric acid groups is 1. The van der Waals surface area contributed by atoms with Crippen LogP contribution in [0.2, 0.25) is 0 Å². The number of allylic oxidation sites excluding steroid dienone is 1. The summed E-state index contributed by atoms with van der Waals surface area (Å²) < 4.78 is 23.5. The molecule has 0 aromatic heterocycles. The van der Waals surface area contributed by atoms with Crippen LogP contribution < -0.4 is 10.2 Å². The quantitative estimate of drug-likeness (QED) is 0.0272. The van der Waals surface area contributed by atoms with Gasteiger partial charge in [0.2, 0.25) is 5.91 Å². The van der Waals surface area contributed by atoms with Gasteiger partial charge in [-0.2, -0.15) is 0 Å². The van der Waals surface area contributed by atoms with Gasteiger partial charge in [-0.05, 0) is 19.3 Å². The monoisotopic (exact) mass is 1210 g/mol. The third kappa shape index (κ3) is 68.7. The van der Waals surface area contributed by atoms with E-state index >= 15 is 0 Å². The summed E-state index contributed by atoms with van der Waals surface area (Å²) in [5.41, 5.74) is 0. The minimum Gasteiger partial charge on any atom is -0.756 e. The standard InChI is InChI=1S/C75H151N2O6P/c1-6-8-10-12-14-16-18-20-22-24-26-28-30-32-34-35-36-37-38-39-40-41-43-45-47-49-51-53-55-57-59-61-63-65-67-69-75(79)76-73(72-83-84(80,81)82-71-70-77(3,4)5)74(78)68-66-64-62-60-58-56-54-52-50-48-46-44-42-33-31-29-27-25-23-21-19-17-15-13-11-9-7-2/h66,68,73-74,78H,6-65,67,69-72H2,1-5H3,(H-,76,79,80,81)/b68-66+. The lowest BCUT2D eigenvalue weighted by molar-refractivity contribution is -0.870. The first-order valence-corrected chi connectivity index (χ1v) is 39.5. The van der Waals surface area contributed by atoms with Crippen molar-refractivity contribution in [2.45, 2.75) is 424 Å². The minimum atomic E-state index is -4.60. The summed E-state index contributed by atoms with van der Waals surface area (Å²) >= 11 is 0. The van der Waals surface area contributed by atoms with Crippen LogP contribution >= 0.6 is 7.82 Å². The van der Waals surface area contributed by atoms with Crippen molar-refractivity contribution in [3.05, 3.63) is 12.2 Å². The zero-order chi connectivity index (χ0) is 61.2. The van der Waals surface area contributed by atoms with Gasteiger partial charge in [-0.25, -0.2) is 0 Å². The van der Waals surface area contributed by atoms with Crippen LogP contribution in [0.25, 0.3) is 0 Å². The molecule has 0 saturated carbocycles. The lowest BCUT2D eigenvalue weighted by Gasteiger charge is -2.29. The topological polar surface area (TPSA) is 108 Å². The molecule has 0 aliphatic rings. The maximum absolute atomic E-state index is 13.1. The number of nitrogens with zero attached hydrogens (tertiary/aromatic N) is 1. The summed E-state index contributed by atoms with van der Waals surface area (Å²) in [7, 11) is 1.29. The first kappa shape index (κ1) is 83.2. The van der Waals surface area contributed by atoms with E-state index in [1.807, 2.05) is 27.2 Å². The van der Waals surface area contributed by atoms with Crippen LogP contribution in [0.15, 0.2) is 12.2 Å². The molecule has 0 heterocycles. The third-order valence-electron chi connectivity index (χ3n) is 18.0. The maximum atomic E-state index is 13.1. The van der Waals surface area contributed by atoms with Crippen LogP contribution in [0, 0.1) is 0 Å². The number of carbonyl (C=O) groups excluding carboxylic acids is 1. The Labute approximate surface area is 526 Å². The summed E-state index contributed by atoms with van der Waals surface area (Å²) in [4.78, 5) is 25.7. The summed E-state index contributed by atoms with van der Waals surface area (Å²) in [6.07, 6.45) is 86.5. The van der Waals surface area contributed by atoms with Crippen LogP contribution in [-0.2, 0) is 18.4 Å². The molecule has 0 rings (SSSR count). The van der Waals surface area contributed by atoms with Gasteiger partial charge in [0.25, 0.3) is 7.82 Å². The zero-order valence-corrected chi connectivity index (χ0v) is 58.5. The van der Waals surface area contributed by atoms with Gasteiger partial charge in [-0.1, -0.05) is 398 Å². The molecule has 9 heteroatoms. The highest BCUT2D eigenvalue weighted by Crippen LogP contribution is 2.38. The smallest absolute Gasteiger partial charge is 0.268 e. The number of likely N-dealkylation sites (N-methyl/N-ethyl adjacent to an activating group) is 1. The molecule has 3 unspecified atom stereocenters. The number of phosphoric ester groups is 1. The Kier molecular flexibility index (Phi) is 66.1. The molecular formula is C75H151N2O6P. The first-order chi connectivity index (χ1) is 41.0. The van der Waals surface area contributed by atoms with Gasteiger partial charge in [-0.15, -0.1) is 0 Å². The number of carbonyl (C=O) groups is 1. The molecular weight excluding hydrogens is 1060 g/mol. The van der Waals surface area contributed by atoms with Crippen LogP contribution in [0.3, 0.4) is 0 Å². The van der Waals surface area contributed by atoms with E-state index in [2.05, 4.69) is 19.2 Å². The number of aliphatic hydroxyl groups is 1. The number of hydrogen-bond donors (Lipinski definition) is 2. The Bertz CT molecular complexity index is 1370. The predicted octanol–water partition coefficient (Wildman–Crippen LogP) is 23.8. The van der Waals surface area contributed by atoms with Gasteiger partial charge >= 0.3 is 0 Å². The van der Waals surface area contributed by atoms with Crippen molar-refractivity contribution < 1.29 is 32.9 Å². The largest absolute Gasteiger partial charge is 0.756 e. The molecule has 84 heavy (non-hydrogen) atoms. The van der Waals surface area contributed by atoms with Crippen LogP contribution in [0.1, 0.15) is 412 Å². The highest BCUT2D eigenvalue weighted by Gasteiger charge is 2.23. The second kappa shape index (κ2) is 66.7. The number of nitrogens with one attached hydrogen (secondary N) is 1. The Morgan fingerprint density at radius 1 is 0.405 bits per heavy atom. The maximum Gasteiger partial charge on any atom is 0.268 e. The number of quaternary nitrogens is 1. The van der Waals surface area contributed by atoms with E-state index in [0.717, 1.165) is 38.5 Å². The van der Waals surface area contributed by atoms with Crippen LogP contribution in [0.4, 0.5) is 0 Å². The second-order valence-electron chi connectivity index (χ2n) is 27.7. The molecule has 502 valence electrons. The first-order valence-electron chi connectivity index (χ1n) is 38.1. The van der Waals surface area contributed by atoms with E-state index in [1.54, 1.807) is 6.08 Å². The van der Waals surface area contributed by atoms with Crippen molar-refractivity contribution in [2.75, 3.05) is 40.9 Å². The van der Waals surface area contributed by atoms with Crippen LogP contribution in [0.5, 0.6) is 0 Å². The molecule has 0 fully saturated rings. The number of aliphatic hydroxyl groups excluding tert-OH is 1. The molecule has 3 atom stereocenters. The lowest BCUT2D eigenvalue weighted by atomic mass is 10.0. The lowest BCUT2D eigenvalue weighted by Crippen LogP contribution is -2.45. The van der Waals surface area contributed by atoms with Gasteiger partial charge in [0.15, 0.2) is 0 Å². The van der Waals surface area contributed by atoms with Gasteiger partial charge < -0.3 is 28.8 Å². The van der Waals surface area contributed by atoms with Gasteiger partial charge in [0, 0.05) is 6.42 Å². The van der Waals surface area contributed by atoms with E-state index in [9.17, 15) is 19.4 Å². The fourth-order valence-electron chi connectivity index (χ4n) is 12.1. The number of rotatable bonds is 72. The molecule has 0 aromatic carbocycles. The minimum absolute atomic E-state index is 0.00310. The van der Waals surface area contributed by atoms with Crippen molar-refractivity contribution in [3.8, 4) is 0 Å². The zero-order valence-electron chi connectivity index (χ0n) is 57.7. The van der Waals surface area contributed by atoms with E-state index in [-0.39, 0.29) is 19.1 Å². The molecule has 0 aliphatic heterocycles. The molecule has 0 radical (unpaired) electrons. The van der Waals surface area contributed by atoms with E-state index in [0.29, 0.717) is 17.4 Å². The SMILES string of the molecule is CCCCCCCCCCCCCCCCCCCCCCCCCCC/C=C/C(O)C(COP(=O)([O-])OCC[N+](C)(C)C)NC(=O)CCCCCCCCCCCCCCCCCCCCCCCCCCCCCCCCCCCCC. The van der Waals surface area contributed by atoms with E-state index < -0.39 is 20.0 Å². The highest BCUT2D eigenvalue weighted by atomic mass is 31.2.